The lowest BCUT2D eigenvalue weighted by Crippen LogP contribution is -2.36. The zero-order valence-electron chi connectivity index (χ0n) is 9.83. The Balaban J connectivity index is 2.32. The van der Waals surface area contributed by atoms with Crippen LogP contribution in [0.1, 0.15) is 33.1 Å². The predicted molar refractivity (Wildman–Crippen MR) is 62.1 cm³/mol. The molecule has 3 nitrogen and oxygen atoms in total. The SMILES string of the molecule is C=C(N)N1CCC(CC(=O)C(C)C)CC1. The lowest BCUT2D eigenvalue weighted by molar-refractivity contribution is -0.123. The van der Waals surface area contributed by atoms with Crippen LogP contribution in [0.25, 0.3) is 0 Å². The normalized spacial score (nSPS) is 18.2. The van der Waals surface area contributed by atoms with Gasteiger partial charge in [-0.2, -0.15) is 0 Å². The molecule has 1 fully saturated rings. The van der Waals surface area contributed by atoms with Gasteiger partial charge in [0.25, 0.3) is 0 Å². The highest BCUT2D eigenvalue weighted by atomic mass is 16.1. The van der Waals surface area contributed by atoms with Crippen LogP contribution in [0.3, 0.4) is 0 Å². The van der Waals surface area contributed by atoms with Gasteiger partial charge in [0.15, 0.2) is 0 Å². The van der Waals surface area contributed by atoms with Crippen molar-refractivity contribution in [3.8, 4) is 0 Å². The van der Waals surface area contributed by atoms with Crippen molar-refractivity contribution in [1.82, 2.24) is 4.90 Å². The fourth-order valence-corrected chi connectivity index (χ4v) is 1.94. The van der Waals surface area contributed by atoms with Crippen molar-refractivity contribution < 1.29 is 4.79 Å². The average Bonchev–Trinajstić information content (AvgIpc) is 2.18. The molecule has 0 saturated carbocycles. The molecule has 2 N–H and O–H groups in total. The van der Waals surface area contributed by atoms with Gasteiger partial charge in [-0.25, -0.2) is 0 Å². The highest BCUT2D eigenvalue weighted by molar-refractivity contribution is 5.80. The highest BCUT2D eigenvalue weighted by Crippen LogP contribution is 2.22. The Labute approximate surface area is 92.3 Å². The van der Waals surface area contributed by atoms with Crippen molar-refractivity contribution in [3.63, 3.8) is 0 Å². The minimum Gasteiger partial charge on any atom is -0.386 e. The molecule has 0 aromatic carbocycles. The molecule has 1 aliphatic heterocycles. The summed E-state index contributed by atoms with van der Waals surface area (Å²) in [5.41, 5.74) is 5.63. The number of piperidine rings is 1. The Morgan fingerprint density at radius 3 is 2.40 bits per heavy atom. The first kappa shape index (κ1) is 12.1. The zero-order chi connectivity index (χ0) is 11.4. The zero-order valence-corrected chi connectivity index (χ0v) is 9.83. The minimum atomic E-state index is 0.174. The van der Waals surface area contributed by atoms with Gasteiger partial charge >= 0.3 is 0 Å². The second-order valence-electron chi connectivity index (χ2n) is 4.75. The number of ketones is 1. The molecule has 0 bridgehead atoms. The van der Waals surface area contributed by atoms with Crippen LogP contribution in [0, 0.1) is 11.8 Å². The molecule has 3 heteroatoms. The Hall–Kier alpha value is -0.990. The first-order valence-electron chi connectivity index (χ1n) is 5.72. The molecule has 0 spiro atoms. The summed E-state index contributed by atoms with van der Waals surface area (Å²) in [4.78, 5) is 13.7. The summed E-state index contributed by atoms with van der Waals surface area (Å²) >= 11 is 0. The minimum absolute atomic E-state index is 0.174. The van der Waals surface area contributed by atoms with Crippen LogP contribution in [0.4, 0.5) is 0 Å². The maximum atomic E-state index is 11.6. The number of hydrogen-bond donors (Lipinski definition) is 1. The van der Waals surface area contributed by atoms with E-state index in [1.54, 1.807) is 0 Å². The van der Waals surface area contributed by atoms with E-state index in [1.807, 2.05) is 13.8 Å². The van der Waals surface area contributed by atoms with Crippen molar-refractivity contribution in [3.05, 3.63) is 12.4 Å². The molecule has 0 amide bonds. The number of Topliss-reactive ketones (excluding diaryl/α,β-unsaturated/α-hetero) is 1. The molecule has 1 saturated heterocycles. The fraction of sp³-hybridized carbons (Fsp3) is 0.750. The van der Waals surface area contributed by atoms with Gasteiger partial charge in [-0.1, -0.05) is 20.4 Å². The molecule has 86 valence electrons. The maximum Gasteiger partial charge on any atom is 0.135 e. The molecular weight excluding hydrogens is 188 g/mol. The van der Waals surface area contributed by atoms with E-state index >= 15 is 0 Å². The molecule has 1 aliphatic rings. The van der Waals surface area contributed by atoms with Gasteiger partial charge in [0.05, 0.1) is 5.82 Å². The number of carbonyl (C=O) groups is 1. The molecule has 1 rings (SSSR count). The van der Waals surface area contributed by atoms with Crippen molar-refractivity contribution >= 4 is 5.78 Å². The summed E-state index contributed by atoms with van der Waals surface area (Å²) in [6.45, 7) is 9.57. The second kappa shape index (κ2) is 5.19. The van der Waals surface area contributed by atoms with E-state index in [-0.39, 0.29) is 5.92 Å². The van der Waals surface area contributed by atoms with E-state index in [4.69, 9.17) is 5.73 Å². The van der Waals surface area contributed by atoms with E-state index in [1.165, 1.54) is 0 Å². The molecule has 0 unspecified atom stereocenters. The number of hydrogen-bond acceptors (Lipinski definition) is 3. The second-order valence-corrected chi connectivity index (χ2v) is 4.75. The number of rotatable bonds is 4. The summed E-state index contributed by atoms with van der Waals surface area (Å²) in [7, 11) is 0. The smallest absolute Gasteiger partial charge is 0.135 e. The summed E-state index contributed by atoms with van der Waals surface area (Å²) in [6.07, 6.45) is 2.87. The molecule has 0 aromatic heterocycles. The Morgan fingerprint density at radius 1 is 1.47 bits per heavy atom. The third-order valence-electron chi connectivity index (χ3n) is 3.15. The summed E-state index contributed by atoms with van der Waals surface area (Å²) in [6, 6.07) is 0. The lowest BCUT2D eigenvalue weighted by atomic mass is 9.89. The van der Waals surface area contributed by atoms with E-state index in [0.29, 0.717) is 17.5 Å². The van der Waals surface area contributed by atoms with Gasteiger partial charge < -0.3 is 10.6 Å². The van der Waals surface area contributed by atoms with Crippen molar-refractivity contribution in [2.75, 3.05) is 13.1 Å². The van der Waals surface area contributed by atoms with Gasteiger partial charge in [0, 0.05) is 25.4 Å². The van der Waals surface area contributed by atoms with Gasteiger partial charge in [-0.15, -0.1) is 0 Å². The number of nitrogens with two attached hydrogens (primary N) is 1. The third kappa shape index (κ3) is 3.57. The van der Waals surface area contributed by atoms with Crippen LogP contribution in [0.5, 0.6) is 0 Å². The number of likely N-dealkylation sites (tertiary alicyclic amines) is 1. The third-order valence-corrected chi connectivity index (χ3v) is 3.15. The molecule has 1 heterocycles. The van der Waals surface area contributed by atoms with Crippen molar-refractivity contribution in [2.24, 2.45) is 17.6 Å². The maximum absolute atomic E-state index is 11.6. The van der Waals surface area contributed by atoms with E-state index in [0.717, 1.165) is 32.4 Å². The quantitative estimate of drug-likeness (QED) is 0.769. The average molecular weight is 210 g/mol. The summed E-state index contributed by atoms with van der Waals surface area (Å²) in [5, 5.41) is 0. The van der Waals surface area contributed by atoms with Crippen LogP contribution < -0.4 is 5.73 Å². The van der Waals surface area contributed by atoms with E-state index < -0.39 is 0 Å². The monoisotopic (exact) mass is 210 g/mol. The Kier molecular flexibility index (Phi) is 4.18. The molecule has 15 heavy (non-hydrogen) atoms. The molecule has 0 aliphatic carbocycles. The van der Waals surface area contributed by atoms with Gasteiger partial charge in [0.1, 0.15) is 5.78 Å². The highest BCUT2D eigenvalue weighted by Gasteiger charge is 2.22. The van der Waals surface area contributed by atoms with Gasteiger partial charge in [-0.05, 0) is 18.8 Å². The van der Waals surface area contributed by atoms with Crippen LogP contribution in [-0.4, -0.2) is 23.8 Å². The van der Waals surface area contributed by atoms with Crippen LogP contribution in [0.15, 0.2) is 12.4 Å². The van der Waals surface area contributed by atoms with E-state index in [9.17, 15) is 4.79 Å². The standard InChI is InChI=1S/C12H22N2O/c1-9(2)12(15)8-11-4-6-14(7-5-11)10(3)13/h9,11H,3-8,13H2,1-2H3. The van der Waals surface area contributed by atoms with Gasteiger partial charge in [0.2, 0.25) is 0 Å². The predicted octanol–water partition coefficient (Wildman–Crippen LogP) is 1.74. The van der Waals surface area contributed by atoms with Crippen LogP contribution >= 0.6 is 0 Å². The topological polar surface area (TPSA) is 46.3 Å². The molecular formula is C12H22N2O. The summed E-state index contributed by atoms with van der Waals surface area (Å²) in [5.74, 6) is 1.77. The molecule has 0 atom stereocenters. The Bertz CT molecular complexity index is 240. The largest absolute Gasteiger partial charge is 0.386 e. The molecule has 0 radical (unpaired) electrons. The number of nitrogens with zero attached hydrogens (tertiary/aromatic N) is 1. The molecule has 0 aromatic rings. The number of carbonyl (C=O) groups excluding carboxylic acids is 1. The van der Waals surface area contributed by atoms with Crippen LogP contribution in [0.2, 0.25) is 0 Å². The fourth-order valence-electron chi connectivity index (χ4n) is 1.94. The van der Waals surface area contributed by atoms with Crippen molar-refractivity contribution in [2.45, 2.75) is 33.1 Å². The first-order chi connectivity index (χ1) is 7.00. The van der Waals surface area contributed by atoms with Gasteiger partial charge in [-0.3, -0.25) is 4.79 Å². The van der Waals surface area contributed by atoms with Crippen molar-refractivity contribution in [1.29, 1.82) is 0 Å². The first-order valence-corrected chi connectivity index (χ1v) is 5.72. The Morgan fingerprint density at radius 2 is 2.00 bits per heavy atom. The lowest BCUT2D eigenvalue weighted by Gasteiger charge is -2.33. The van der Waals surface area contributed by atoms with E-state index in [2.05, 4.69) is 11.5 Å². The summed E-state index contributed by atoms with van der Waals surface area (Å²) < 4.78 is 0. The van der Waals surface area contributed by atoms with Crippen LogP contribution in [-0.2, 0) is 4.79 Å².